The SMILES string of the molecule is CCCNC(Cc1cccnc1)Cc1cccc(OC)c1. The molecule has 3 heteroatoms. The van der Waals surface area contributed by atoms with E-state index in [2.05, 4.69) is 41.5 Å². The maximum absolute atomic E-state index is 5.31. The average molecular weight is 284 g/mol. The summed E-state index contributed by atoms with van der Waals surface area (Å²) in [5, 5.41) is 3.64. The van der Waals surface area contributed by atoms with Gasteiger partial charge in [0.2, 0.25) is 0 Å². The van der Waals surface area contributed by atoms with Gasteiger partial charge in [-0.25, -0.2) is 0 Å². The standard InChI is InChI=1S/C18H24N2O/c1-3-9-20-17(12-16-7-5-10-19-14-16)11-15-6-4-8-18(13-15)21-2/h4-8,10,13-14,17,20H,3,9,11-12H2,1-2H3. The predicted molar refractivity (Wildman–Crippen MR) is 86.7 cm³/mol. The number of nitrogens with one attached hydrogen (secondary N) is 1. The first kappa shape index (κ1) is 15.5. The van der Waals surface area contributed by atoms with E-state index in [1.165, 1.54) is 11.1 Å². The fraction of sp³-hybridized carbons (Fsp3) is 0.389. The van der Waals surface area contributed by atoms with Gasteiger partial charge in [0.1, 0.15) is 5.75 Å². The van der Waals surface area contributed by atoms with Gasteiger partial charge in [0.15, 0.2) is 0 Å². The maximum atomic E-state index is 5.31. The van der Waals surface area contributed by atoms with Gasteiger partial charge in [0.25, 0.3) is 0 Å². The van der Waals surface area contributed by atoms with Crippen molar-refractivity contribution in [2.24, 2.45) is 0 Å². The molecule has 1 atom stereocenters. The van der Waals surface area contributed by atoms with E-state index in [-0.39, 0.29) is 0 Å². The van der Waals surface area contributed by atoms with Crippen molar-refractivity contribution in [1.29, 1.82) is 0 Å². The van der Waals surface area contributed by atoms with Crippen LogP contribution < -0.4 is 10.1 Å². The number of rotatable bonds is 8. The van der Waals surface area contributed by atoms with Crippen LogP contribution in [0.15, 0.2) is 48.8 Å². The van der Waals surface area contributed by atoms with Crippen molar-refractivity contribution in [3.8, 4) is 5.75 Å². The van der Waals surface area contributed by atoms with Crippen molar-refractivity contribution < 1.29 is 4.74 Å². The summed E-state index contributed by atoms with van der Waals surface area (Å²) in [6, 6.07) is 12.9. The van der Waals surface area contributed by atoms with Crippen LogP contribution in [-0.4, -0.2) is 24.7 Å². The number of aromatic nitrogens is 1. The van der Waals surface area contributed by atoms with E-state index < -0.39 is 0 Å². The summed E-state index contributed by atoms with van der Waals surface area (Å²) in [6.07, 6.45) is 6.89. The molecular formula is C18H24N2O. The normalized spacial score (nSPS) is 12.1. The van der Waals surface area contributed by atoms with Crippen molar-refractivity contribution in [3.63, 3.8) is 0 Å². The fourth-order valence-corrected chi connectivity index (χ4v) is 2.45. The quantitative estimate of drug-likeness (QED) is 0.808. The van der Waals surface area contributed by atoms with E-state index in [4.69, 9.17) is 4.74 Å². The van der Waals surface area contributed by atoms with Gasteiger partial charge in [-0.05, 0) is 55.1 Å². The Bertz CT molecular complexity index is 528. The molecule has 0 radical (unpaired) electrons. The average Bonchev–Trinajstić information content (AvgIpc) is 2.54. The molecule has 0 saturated heterocycles. The van der Waals surface area contributed by atoms with E-state index in [0.29, 0.717) is 6.04 Å². The highest BCUT2D eigenvalue weighted by molar-refractivity contribution is 5.29. The van der Waals surface area contributed by atoms with Crippen LogP contribution in [0.5, 0.6) is 5.75 Å². The van der Waals surface area contributed by atoms with Crippen molar-refractivity contribution in [3.05, 3.63) is 59.9 Å². The largest absolute Gasteiger partial charge is 0.497 e. The van der Waals surface area contributed by atoms with Crippen LogP contribution in [0.25, 0.3) is 0 Å². The van der Waals surface area contributed by atoms with Gasteiger partial charge in [-0.3, -0.25) is 4.98 Å². The van der Waals surface area contributed by atoms with Crippen LogP contribution in [-0.2, 0) is 12.8 Å². The lowest BCUT2D eigenvalue weighted by atomic mass is 9.99. The topological polar surface area (TPSA) is 34.2 Å². The maximum Gasteiger partial charge on any atom is 0.119 e. The zero-order chi connectivity index (χ0) is 14.9. The Labute approximate surface area is 127 Å². The van der Waals surface area contributed by atoms with Crippen molar-refractivity contribution >= 4 is 0 Å². The second-order valence-corrected chi connectivity index (χ2v) is 5.27. The molecule has 0 aliphatic heterocycles. The third-order valence-electron chi connectivity index (χ3n) is 3.50. The lowest BCUT2D eigenvalue weighted by Gasteiger charge is -2.19. The van der Waals surface area contributed by atoms with Gasteiger partial charge in [-0.2, -0.15) is 0 Å². The third-order valence-corrected chi connectivity index (χ3v) is 3.50. The Hall–Kier alpha value is -1.87. The van der Waals surface area contributed by atoms with Gasteiger partial charge in [0, 0.05) is 18.4 Å². The molecule has 21 heavy (non-hydrogen) atoms. The summed E-state index contributed by atoms with van der Waals surface area (Å²) in [5.74, 6) is 0.920. The summed E-state index contributed by atoms with van der Waals surface area (Å²) in [6.45, 7) is 3.23. The van der Waals surface area contributed by atoms with E-state index in [1.54, 1.807) is 7.11 Å². The fourth-order valence-electron chi connectivity index (χ4n) is 2.45. The Kier molecular flexibility index (Phi) is 6.22. The molecule has 112 valence electrons. The van der Waals surface area contributed by atoms with E-state index in [1.807, 2.05) is 24.5 Å². The van der Waals surface area contributed by atoms with E-state index in [9.17, 15) is 0 Å². The second kappa shape index (κ2) is 8.42. The second-order valence-electron chi connectivity index (χ2n) is 5.27. The molecule has 1 aromatic heterocycles. The smallest absolute Gasteiger partial charge is 0.119 e. The monoisotopic (exact) mass is 284 g/mol. The molecule has 2 aromatic rings. The third kappa shape index (κ3) is 5.20. The van der Waals surface area contributed by atoms with E-state index >= 15 is 0 Å². The number of ether oxygens (including phenoxy) is 1. The van der Waals surface area contributed by atoms with Crippen molar-refractivity contribution in [2.75, 3.05) is 13.7 Å². The number of nitrogens with zero attached hydrogens (tertiary/aromatic N) is 1. The highest BCUT2D eigenvalue weighted by atomic mass is 16.5. The summed E-state index contributed by atoms with van der Waals surface area (Å²) < 4.78 is 5.31. The zero-order valence-electron chi connectivity index (χ0n) is 12.9. The van der Waals surface area contributed by atoms with E-state index in [0.717, 1.165) is 31.6 Å². The van der Waals surface area contributed by atoms with Gasteiger partial charge >= 0.3 is 0 Å². The molecule has 0 fully saturated rings. The number of hydrogen-bond donors (Lipinski definition) is 1. The molecule has 0 aliphatic carbocycles. The molecule has 0 saturated carbocycles. The highest BCUT2D eigenvalue weighted by Crippen LogP contribution is 2.15. The van der Waals surface area contributed by atoms with Crippen LogP contribution in [0, 0.1) is 0 Å². The van der Waals surface area contributed by atoms with Gasteiger partial charge in [-0.15, -0.1) is 0 Å². The van der Waals surface area contributed by atoms with Crippen LogP contribution in [0.1, 0.15) is 24.5 Å². The summed E-state index contributed by atoms with van der Waals surface area (Å²) in [7, 11) is 1.71. The Morgan fingerprint density at radius 1 is 1.14 bits per heavy atom. The number of methoxy groups -OCH3 is 1. The number of benzene rings is 1. The first-order valence-corrected chi connectivity index (χ1v) is 7.57. The van der Waals surface area contributed by atoms with Gasteiger partial charge < -0.3 is 10.1 Å². The molecule has 1 heterocycles. The molecule has 0 spiro atoms. The minimum Gasteiger partial charge on any atom is -0.497 e. The predicted octanol–water partition coefficient (Wildman–Crippen LogP) is 3.24. The van der Waals surface area contributed by atoms with Crippen LogP contribution in [0.3, 0.4) is 0 Å². The molecule has 0 bridgehead atoms. The first-order valence-electron chi connectivity index (χ1n) is 7.57. The van der Waals surface area contributed by atoms with Crippen LogP contribution in [0.2, 0.25) is 0 Å². The van der Waals surface area contributed by atoms with Gasteiger partial charge in [-0.1, -0.05) is 25.1 Å². The Morgan fingerprint density at radius 3 is 2.67 bits per heavy atom. The molecule has 0 aliphatic rings. The van der Waals surface area contributed by atoms with Gasteiger partial charge in [0.05, 0.1) is 7.11 Å². The summed E-state index contributed by atoms with van der Waals surface area (Å²) in [4.78, 5) is 4.20. The molecule has 1 N–H and O–H groups in total. The number of pyridine rings is 1. The lowest BCUT2D eigenvalue weighted by molar-refractivity contribution is 0.413. The summed E-state index contributed by atoms with van der Waals surface area (Å²) >= 11 is 0. The zero-order valence-corrected chi connectivity index (χ0v) is 12.9. The van der Waals surface area contributed by atoms with Crippen LogP contribution in [0.4, 0.5) is 0 Å². The molecule has 2 rings (SSSR count). The molecule has 1 unspecified atom stereocenters. The number of hydrogen-bond acceptors (Lipinski definition) is 3. The molecule has 1 aromatic carbocycles. The Morgan fingerprint density at radius 2 is 1.95 bits per heavy atom. The minimum atomic E-state index is 0.418. The minimum absolute atomic E-state index is 0.418. The lowest BCUT2D eigenvalue weighted by Crippen LogP contribution is -2.33. The summed E-state index contributed by atoms with van der Waals surface area (Å²) in [5.41, 5.74) is 2.57. The highest BCUT2D eigenvalue weighted by Gasteiger charge is 2.10. The molecule has 3 nitrogen and oxygen atoms in total. The van der Waals surface area contributed by atoms with Crippen molar-refractivity contribution in [1.82, 2.24) is 10.3 Å². The van der Waals surface area contributed by atoms with Crippen molar-refractivity contribution in [2.45, 2.75) is 32.2 Å². The Balaban J connectivity index is 2.04. The molecule has 0 amide bonds. The van der Waals surface area contributed by atoms with Crippen LogP contribution >= 0.6 is 0 Å². The first-order chi connectivity index (χ1) is 10.3. The molecular weight excluding hydrogens is 260 g/mol.